The number of hydrogen-bond acceptors (Lipinski definition) is 0. The predicted octanol–water partition coefficient (Wildman–Crippen LogP) is 6.95. The van der Waals surface area contributed by atoms with Crippen LogP contribution in [-0.4, -0.2) is 39.3 Å². The van der Waals surface area contributed by atoms with Crippen molar-refractivity contribution in [3.05, 3.63) is 45.8 Å². The first kappa shape index (κ1) is 32.8. The van der Waals surface area contributed by atoms with Crippen LogP contribution >= 0.6 is 0 Å². The van der Waals surface area contributed by atoms with Crippen molar-refractivity contribution < 1.29 is 26.2 Å². The van der Waals surface area contributed by atoms with Crippen LogP contribution in [-0.2, 0) is 32.6 Å². The summed E-state index contributed by atoms with van der Waals surface area (Å²) >= 11 is 0. The Labute approximate surface area is 178 Å². The van der Waals surface area contributed by atoms with E-state index < -0.39 is 0 Å². The van der Waals surface area contributed by atoms with Gasteiger partial charge in [0.05, 0.1) is 0 Å². The minimum atomic E-state index is 0. The van der Waals surface area contributed by atoms with E-state index >= 15 is 0 Å². The van der Waals surface area contributed by atoms with Gasteiger partial charge in [0, 0.05) is 0 Å². The monoisotopic (exact) mass is 427 g/mol. The van der Waals surface area contributed by atoms with Gasteiger partial charge in [0.1, 0.15) is 0 Å². The van der Waals surface area contributed by atoms with E-state index in [1.54, 1.807) is 0 Å². The fraction of sp³-hybridized carbons (Fsp3) is 0.762. The standard InChI is InChI=1S/C9H13.3C4H10N.Zr/c1-2-3-6-9-7-4-5-8-9;3*1-3-5-4-2;/h4-5,7-8H,2-3,6H2,1H3;3*3-4H2,1-2H3;/q4*-1;+4. The van der Waals surface area contributed by atoms with Crippen molar-refractivity contribution in [1.82, 2.24) is 0 Å². The summed E-state index contributed by atoms with van der Waals surface area (Å²) in [4.78, 5) is 0. The number of hydrogen-bond donors (Lipinski definition) is 0. The Hall–Kier alpha value is 0.113. The van der Waals surface area contributed by atoms with Gasteiger partial charge in [-0.05, 0) is 0 Å². The third-order valence-electron chi connectivity index (χ3n) is 2.89. The van der Waals surface area contributed by atoms with Crippen molar-refractivity contribution in [2.75, 3.05) is 39.3 Å². The number of unbranched alkanes of at least 4 members (excludes halogenated alkanes) is 1. The minimum absolute atomic E-state index is 0. The Bertz CT molecular complexity index is 244. The van der Waals surface area contributed by atoms with Crippen LogP contribution in [0.15, 0.2) is 24.3 Å². The molecule has 0 aliphatic heterocycles. The quantitative estimate of drug-likeness (QED) is 0.382. The molecule has 3 nitrogen and oxygen atoms in total. The second-order valence-electron chi connectivity index (χ2n) is 4.96. The predicted molar refractivity (Wildman–Crippen MR) is 114 cm³/mol. The van der Waals surface area contributed by atoms with Crippen molar-refractivity contribution in [1.29, 1.82) is 0 Å². The number of nitrogens with zero attached hydrogens (tertiary/aromatic N) is 3. The van der Waals surface area contributed by atoms with Gasteiger partial charge in [0.25, 0.3) is 0 Å². The van der Waals surface area contributed by atoms with Crippen LogP contribution in [0, 0.1) is 0 Å². The van der Waals surface area contributed by atoms with Crippen molar-refractivity contribution in [3.8, 4) is 0 Å². The van der Waals surface area contributed by atoms with Crippen molar-refractivity contribution in [2.24, 2.45) is 0 Å². The summed E-state index contributed by atoms with van der Waals surface area (Å²) in [7, 11) is 0. The topological polar surface area (TPSA) is 42.3 Å². The maximum absolute atomic E-state index is 3.97. The van der Waals surface area contributed by atoms with E-state index in [1.165, 1.54) is 24.8 Å². The molecular weight excluding hydrogens is 385 g/mol. The maximum atomic E-state index is 3.97. The first-order valence-corrected chi connectivity index (χ1v) is 9.78. The minimum Gasteiger partial charge on any atom is -0.663 e. The van der Waals surface area contributed by atoms with E-state index in [0.717, 1.165) is 39.3 Å². The zero-order valence-electron chi connectivity index (χ0n) is 18.0. The molecule has 146 valence electrons. The molecule has 0 saturated carbocycles. The Morgan fingerprint density at radius 3 is 1.12 bits per heavy atom. The Balaban J connectivity index is -0.000000122. The summed E-state index contributed by atoms with van der Waals surface area (Å²) in [6.07, 6.45) is 3.87. The zero-order valence-corrected chi connectivity index (χ0v) is 20.5. The van der Waals surface area contributed by atoms with Gasteiger partial charge in [-0.2, -0.15) is 57.0 Å². The molecule has 0 heterocycles. The van der Waals surface area contributed by atoms with Crippen LogP contribution < -0.4 is 0 Å². The molecule has 0 amide bonds. The van der Waals surface area contributed by atoms with Gasteiger partial charge >= 0.3 is 26.2 Å². The molecule has 0 unspecified atom stereocenters. The first-order valence-electron chi connectivity index (χ1n) is 9.78. The van der Waals surface area contributed by atoms with E-state index in [9.17, 15) is 0 Å². The molecule has 0 aromatic heterocycles. The fourth-order valence-electron chi connectivity index (χ4n) is 1.63. The molecule has 0 radical (unpaired) electrons. The molecule has 0 saturated heterocycles. The molecule has 0 aliphatic rings. The first-order chi connectivity index (χ1) is 11.7. The largest absolute Gasteiger partial charge is 4.00 e. The van der Waals surface area contributed by atoms with Crippen molar-refractivity contribution >= 4 is 0 Å². The summed E-state index contributed by atoms with van der Waals surface area (Å²) in [5.41, 5.74) is 1.48. The molecule has 1 aromatic rings. The van der Waals surface area contributed by atoms with Crippen LogP contribution in [0.1, 0.15) is 66.9 Å². The second-order valence-corrected chi connectivity index (χ2v) is 4.96. The Kier molecular flexibility index (Phi) is 46.2. The molecule has 1 rings (SSSR count). The Morgan fingerprint density at radius 1 is 0.600 bits per heavy atom. The molecular formula is C21H43N3Zr. The third-order valence-corrected chi connectivity index (χ3v) is 2.89. The molecule has 0 N–H and O–H groups in total. The summed E-state index contributed by atoms with van der Waals surface area (Å²) < 4.78 is 0. The van der Waals surface area contributed by atoms with Crippen LogP contribution in [0.4, 0.5) is 0 Å². The average molecular weight is 429 g/mol. The van der Waals surface area contributed by atoms with Crippen LogP contribution in [0.2, 0.25) is 0 Å². The maximum Gasteiger partial charge on any atom is 4.00 e. The van der Waals surface area contributed by atoms with Crippen LogP contribution in [0.5, 0.6) is 0 Å². The average Bonchev–Trinajstić information content (AvgIpc) is 3.10. The molecule has 0 bridgehead atoms. The van der Waals surface area contributed by atoms with Crippen molar-refractivity contribution in [3.63, 3.8) is 0 Å². The van der Waals surface area contributed by atoms with Gasteiger partial charge < -0.3 is 16.0 Å². The summed E-state index contributed by atoms with van der Waals surface area (Å²) in [6, 6.07) is 8.58. The Morgan fingerprint density at radius 2 is 0.920 bits per heavy atom. The zero-order chi connectivity index (χ0) is 18.9. The molecule has 0 aliphatic carbocycles. The third kappa shape index (κ3) is 40.3. The fourth-order valence-corrected chi connectivity index (χ4v) is 1.63. The van der Waals surface area contributed by atoms with E-state index in [4.69, 9.17) is 0 Å². The molecule has 0 atom stereocenters. The second kappa shape index (κ2) is 35.3. The molecule has 4 heteroatoms. The summed E-state index contributed by atoms with van der Waals surface area (Å²) in [5, 5.41) is 11.9. The van der Waals surface area contributed by atoms with E-state index in [-0.39, 0.29) is 26.2 Å². The van der Waals surface area contributed by atoms with Gasteiger partial charge in [-0.25, -0.2) is 12.1 Å². The van der Waals surface area contributed by atoms with E-state index in [2.05, 4.69) is 47.1 Å². The SMILES string of the molecule is CCCC[c-]1cccc1.CC[N-]CC.CC[N-]CC.CC[N-]CC.[Zr+4]. The molecule has 0 fully saturated rings. The van der Waals surface area contributed by atoms with Gasteiger partial charge in [-0.15, -0.1) is 0 Å². The number of rotatable bonds is 9. The van der Waals surface area contributed by atoms with E-state index in [0.29, 0.717) is 0 Å². The van der Waals surface area contributed by atoms with Crippen LogP contribution in [0.25, 0.3) is 16.0 Å². The molecule has 25 heavy (non-hydrogen) atoms. The van der Waals surface area contributed by atoms with Gasteiger partial charge in [0.2, 0.25) is 0 Å². The number of aryl methyl sites for hydroxylation is 1. The van der Waals surface area contributed by atoms with E-state index in [1.807, 2.05) is 41.5 Å². The van der Waals surface area contributed by atoms with Gasteiger partial charge in [-0.3, -0.25) is 0 Å². The summed E-state index contributed by atoms with van der Waals surface area (Å²) in [6.45, 7) is 20.3. The molecule has 0 spiro atoms. The normalized spacial score (nSPS) is 8.60. The molecule has 1 aromatic carbocycles. The van der Waals surface area contributed by atoms with Crippen LogP contribution in [0.3, 0.4) is 0 Å². The van der Waals surface area contributed by atoms with Crippen molar-refractivity contribution in [2.45, 2.75) is 67.7 Å². The van der Waals surface area contributed by atoms with Gasteiger partial charge in [-0.1, -0.05) is 67.7 Å². The summed E-state index contributed by atoms with van der Waals surface area (Å²) in [5.74, 6) is 0. The van der Waals surface area contributed by atoms with Gasteiger partial charge in [0.15, 0.2) is 0 Å². The smallest absolute Gasteiger partial charge is 0.663 e.